The van der Waals surface area contributed by atoms with Crippen molar-refractivity contribution in [3.8, 4) is 5.75 Å². The maximum Gasteiger partial charge on any atom is 0.276 e. The van der Waals surface area contributed by atoms with Crippen molar-refractivity contribution in [2.45, 2.75) is 31.3 Å². The number of hydrogen-bond donors (Lipinski definition) is 1. The smallest absolute Gasteiger partial charge is 0.276 e. The lowest BCUT2D eigenvalue weighted by Crippen LogP contribution is -2.22. The molecule has 0 unspecified atom stereocenters. The molecular weight excluding hydrogens is 312 g/mol. The van der Waals surface area contributed by atoms with Gasteiger partial charge in [-0.05, 0) is 62.7 Å². The van der Waals surface area contributed by atoms with E-state index in [0.717, 1.165) is 11.3 Å². The van der Waals surface area contributed by atoms with E-state index in [9.17, 15) is 8.42 Å². The molecule has 23 heavy (non-hydrogen) atoms. The normalized spacial score (nSPS) is 12.3. The van der Waals surface area contributed by atoms with Crippen LogP contribution in [-0.2, 0) is 10.0 Å². The summed E-state index contributed by atoms with van der Waals surface area (Å²) >= 11 is 0. The van der Waals surface area contributed by atoms with E-state index in [0.29, 0.717) is 0 Å². The van der Waals surface area contributed by atoms with Crippen molar-refractivity contribution in [3.05, 3.63) is 60.2 Å². The molecule has 2 aromatic carbocycles. The summed E-state index contributed by atoms with van der Waals surface area (Å²) in [5.41, 5.74) is 0.503. The molecule has 122 valence electrons. The molecular formula is C17H20N2O3S. The highest BCUT2D eigenvalue weighted by atomic mass is 32.2. The molecule has 2 aromatic rings. The van der Waals surface area contributed by atoms with Gasteiger partial charge < -0.3 is 4.74 Å². The van der Waals surface area contributed by atoms with E-state index in [1.807, 2.05) is 32.9 Å². The standard InChI is InChI=1S/C17H20N2O3S/c1-17(2,3)22-15-11-9-14(10-12-15)13-18-19-23(20,21)16-7-5-4-6-8-16/h4-13,19H,1-3H3/b18-13+. The van der Waals surface area contributed by atoms with E-state index in [1.54, 1.807) is 30.3 Å². The van der Waals surface area contributed by atoms with E-state index < -0.39 is 10.0 Å². The first-order valence-electron chi connectivity index (χ1n) is 7.15. The predicted molar refractivity (Wildman–Crippen MR) is 91.2 cm³/mol. The molecule has 0 aliphatic heterocycles. The zero-order valence-electron chi connectivity index (χ0n) is 13.4. The molecule has 0 atom stereocenters. The number of nitrogens with one attached hydrogen (secondary N) is 1. The first kappa shape index (κ1) is 17.0. The lowest BCUT2D eigenvalue weighted by atomic mass is 10.2. The summed E-state index contributed by atoms with van der Waals surface area (Å²) in [5, 5.41) is 3.79. The van der Waals surface area contributed by atoms with Crippen LogP contribution in [0.25, 0.3) is 0 Å². The van der Waals surface area contributed by atoms with Crippen molar-refractivity contribution in [1.29, 1.82) is 0 Å². The van der Waals surface area contributed by atoms with Crippen LogP contribution in [0.2, 0.25) is 0 Å². The summed E-state index contributed by atoms with van der Waals surface area (Å²) in [6.07, 6.45) is 1.45. The van der Waals surface area contributed by atoms with E-state index in [2.05, 4.69) is 9.93 Å². The molecule has 2 rings (SSSR count). The Balaban J connectivity index is 2.01. The average Bonchev–Trinajstić information content (AvgIpc) is 2.48. The van der Waals surface area contributed by atoms with E-state index >= 15 is 0 Å². The molecule has 6 heteroatoms. The third-order valence-corrected chi connectivity index (χ3v) is 3.98. The summed E-state index contributed by atoms with van der Waals surface area (Å²) < 4.78 is 29.7. The van der Waals surface area contributed by atoms with Crippen molar-refractivity contribution in [3.63, 3.8) is 0 Å². The number of benzene rings is 2. The fourth-order valence-corrected chi connectivity index (χ4v) is 2.61. The fourth-order valence-electron chi connectivity index (χ4n) is 1.80. The molecule has 0 amide bonds. The Hall–Kier alpha value is -2.34. The number of hydrazone groups is 1. The van der Waals surface area contributed by atoms with Gasteiger partial charge in [-0.25, -0.2) is 4.83 Å². The second kappa shape index (κ2) is 6.83. The minimum absolute atomic E-state index is 0.172. The van der Waals surface area contributed by atoms with Gasteiger partial charge >= 0.3 is 0 Å². The minimum Gasteiger partial charge on any atom is -0.488 e. The Kier molecular flexibility index (Phi) is 5.05. The number of sulfonamides is 1. The summed E-state index contributed by atoms with van der Waals surface area (Å²) in [6.45, 7) is 5.92. The van der Waals surface area contributed by atoms with Crippen molar-refractivity contribution in [2.75, 3.05) is 0 Å². The second-order valence-corrected chi connectivity index (χ2v) is 7.61. The number of rotatable bonds is 5. The van der Waals surface area contributed by atoms with Crippen LogP contribution in [0.3, 0.4) is 0 Å². The van der Waals surface area contributed by atoms with Crippen LogP contribution < -0.4 is 9.57 Å². The minimum atomic E-state index is -3.64. The first-order chi connectivity index (χ1) is 10.8. The molecule has 0 aliphatic carbocycles. The lowest BCUT2D eigenvalue weighted by molar-refractivity contribution is 0.131. The van der Waals surface area contributed by atoms with Gasteiger partial charge in [-0.3, -0.25) is 0 Å². The highest BCUT2D eigenvalue weighted by molar-refractivity contribution is 7.89. The summed E-state index contributed by atoms with van der Waals surface area (Å²) in [7, 11) is -3.64. The second-order valence-electron chi connectivity index (χ2n) is 5.95. The van der Waals surface area contributed by atoms with Crippen LogP contribution in [0.1, 0.15) is 26.3 Å². The van der Waals surface area contributed by atoms with E-state index in [4.69, 9.17) is 4.74 Å². The van der Waals surface area contributed by atoms with Gasteiger partial charge in [0.15, 0.2) is 0 Å². The highest BCUT2D eigenvalue weighted by Crippen LogP contribution is 2.17. The molecule has 1 N–H and O–H groups in total. The van der Waals surface area contributed by atoms with Gasteiger partial charge in [0.1, 0.15) is 11.4 Å². The third kappa shape index (κ3) is 5.41. The topological polar surface area (TPSA) is 67.8 Å². The molecule has 0 aliphatic rings. The van der Waals surface area contributed by atoms with Gasteiger partial charge in [0.25, 0.3) is 10.0 Å². The van der Waals surface area contributed by atoms with Crippen LogP contribution in [0.15, 0.2) is 64.6 Å². The summed E-state index contributed by atoms with van der Waals surface area (Å²) in [4.78, 5) is 2.36. The third-order valence-electron chi connectivity index (χ3n) is 2.74. The molecule has 0 radical (unpaired) electrons. The fraction of sp³-hybridized carbons (Fsp3) is 0.235. The summed E-state index contributed by atoms with van der Waals surface area (Å²) in [6, 6.07) is 15.3. The predicted octanol–water partition coefficient (Wildman–Crippen LogP) is 3.18. The molecule has 0 spiro atoms. The van der Waals surface area contributed by atoms with Gasteiger partial charge in [-0.15, -0.1) is 0 Å². The Morgan fingerprint density at radius 2 is 1.61 bits per heavy atom. The molecule has 0 fully saturated rings. The number of nitrogens with zero attached hydrogens (tertiary/aromatic N) is 1. The molecule has 0 saturated heterocycles. The van der Waals surface area contributed by atoms with Crippen molar-refractivity contribution < 1.29 is 13.2 Å². The van der Waals surface area contributed by atoms with Gasteiger partial charge in [0.05, 0.1) is 11.1 Å². The quantitative estimate of drug-likeness (QED) is 0.675. The molecule has 0 bridgehead atoms. The maximum absolute atomic E-state index is 12.0. The van der Waals surface area contributed by atoms with Crippen molar-refractivity contribution in [1.82, 2.24) is 4.83 Å². The largest absolute Gasteiger partial charge is 0.488 e. The maximum atomic E-state index is 12.0. The Morgan fingerprint density at radius 1 is 1.00 bits per heavy atom. The molecule has 0 saturated carbocycles. The lowest BCUT2D eigenvalue weighted by Gasteiger charge is -2.21. The van der Waals surface area contributed by atoms with Crippen LogP contribution >= 0.6 is 0 Å². The molecule has 5 nitrogen and oxygen atoms in total. The van der Waals surface area contributed by atoms with Gasteiger partial charge in [-0.2, -0.15) is 13.5 Å². The SMILES string of the molecule is CC(C)(C)Oc1ccc(/C=N/NS(=O)(=O)c2ccccc2)cc1. The molecule has 0 heterocycles. The Morgan fingerprint density at radius 3 is 2.17 bits per heavy atom. The molecule has 0 aromatic heterocycles. The van der Waals surface area contributed by atoms with Crippen molar-refractivity contribution in [2.24, 2.45) is 5.10 Å². The van der Waals surface area contributed by atoms with Crippen LogP contribution in [0.4, 0.5) is 0 Å². The van der Waals surface area contributed by atoms with Gasteiger partial charge in [0.2, 0.25) is 0 Å². The summed E-state index contributed by atoms with van der Waals surface area (Å²) in [5.74, 6) is 0.750. The average molecular weight is 332 g/mol. The first-order valence-corrected chi connectivity index (χ1v) is 8.64. The van der Waals surface area contributed by atoms with Gasteiger partial charge in [-0.1, -0.05) is 18.2 Å². The van der Waals surface area contributed by atoms with Crippen LogP contribution in [0.5, 0.6) is 5.75 Å². The zero-order chi connectivity index (χ0) is 16.9. The van der Waals surface area contributed by atoms with Crippen LogP contribution in [0, 0.1) is 0 Å². The zero-order valence-corrected chi connectivity index (χ0v) is 14.2. The van der Waals surface area contributed by atoms with E-state index in [-0.39, 0.29) is 10.5 Å². The van der Waals surface area contributed by atoms with Crippen LogP contribution in [-0.4, -0.2) is 20.2 Å². The number of hydrogen-bond acceptors (Lipinski definition) is 4. The Labute approximate surface area is 137 Å². The Bertz CT molecular complexity index is 762. The van der Waals surface area contributed by atoms with Gasteiger partial charge in [0, 0.05) is 0 Å². The van der Waals surface area contributed by atoms with Crippen molar-refractivity contribution >= 4 is 16.2 Å². The monoisotopic (exact) mass is 332 g/mol. The highest BCUT2D eigenvalue weighted by Gasteiger charge is 2.12. The number of ether oxygens (including phenoxy) is 1. The van der Waals surface area contributed by atoms with E-state index in [1.165, 1.54) is 18.3 Å².